The molecular weight excluding hydrogens is 314 g/mol. The lowest BCUT2D eigenvalue weighted by Gasteiger charge is -2.34. The molecule has 24 heavy (non-hydrogen) atoms. The molecule has 7 heteroatoms. The van der Waals surface area contributed by atoms with E-state index in [1.54, 1.807) is 0 Å². The van der Waals surface area contributed by atoms with E-state index >= 15 is 0 Å². The lowest BCUT2D eigenvalue weighted by molar-refractivity contribution is -1.07. The normalized spacial score (nSPS) is 23.8. The van der Waals surface area contributed by atoms with Crippen molar-refractivity contribution in [3.8, 4) is 0 Å². The van der Waals surface area contributed by atoms with Gasteiger partial charge in [-0.3, -0.25) is 0 Å². The van der Waals surface area contributed by atoms with E-state index < -0.39 is 28.5 Å². The topological polar surface area (TPSA) is 81.7 Å². The average Bonchev–Trinajstić information content (AvgIpc) is 2.95. The van der Waals surface area contributed by atoms with Crippen molar-refractivity contribution < 1.29 is 33.7 Å². The molecule has 1 heterocycles. The van der Waals surface area contributed by atoms with Gasteiger partial charge in [0.2, 0.25) is 6.04 Å². The van der Waals surface area contributed by atoms with Crippen LogP contribution in [0.4, 0.5) is 4.79 Å². The molecule has 1 aliphatic heterocycles. The van der Waals surface area contributed by atoms with Crippen molar-refractivity contribution in [2.24, 2.45) is 0 Å². The summed E-state index contributed by atoms with van der Waals surface area (Å²) in [6.45, 7) is 2.82. The smallest absolute Gasteiger partial charge is 0.465 e. The minimum absolute atomic E-state index is 0.0379. The van der Waals surface area contributed by atoms with E-state index in [-0.39, 0.29) is 13.2 Å². The van der Waals surface area contributed by atoms with Crippen molar-refractivity contribution in [3.05, 3.63) is 35.9 Å². The Labute approximate surface area is 141 Å². The van der Waals surface area contributed by atoms with Crippen LogP contribution in [-0.4, -0.2) is 42.2 Å². The molecule has 0 saturated carbocycles. The highest BCUT2D eigenvalue weighted by Gasteiger charge is 2.59. The summed E-state index contributed by atoms with van der Waals surface area (Å²) in [5, 5.41) is 12.1. The van der Waals surface area contributed by atoms with Crippen LogP contribution in [0.15, 0.2) is 30.3 Å². The van der Waals surface area contributed by atoms with Crippen LogP contribution in [0.2, 0.25) is 0 Å². The second-order valence-electron chi connectivity index (χ2n) is 6.23. The number of carbonyl (C=O) groups excluding carboxylic acids is 2. The van der Waals surface area contributed by atoms with E-state index in [4.69, 9.17) is 14.3 Å². The zero-order chi connectivity index (χ0) is 17.8. The highest BCUT2D eigenvalue weighted by atomic mass is 16.8. The van der Waals surface area contributed by atoms with Gasteiger partial charge in [-0.05, 0) is 19.4 Å². The number of ether oxygens (including phenoxy) is 2. The number of likely N-dealkylation sites (tertiary alicyclic amines) is 1. The van der Waals surface area contributed by atoms with Gasteiger partial charge in [-0.2, -0.15) is 14.7 Å². The van der Waals surface area contributed by atoms with Crippen LogP contribution in [0.5, 0.6) is 0 Å². The minimum Gasteiger partial charge on any atom is -0.465 e. The number of hydroxylamine groups is 3. The first-order valence-corrected chi connectivity index (χ1v) is 7.86. The molecule has 1 fully saturated rings. The van der Waals surface area contributed by atoms with Gasteiger partial charge in [0, 0.05) is 12.8 Å². The van der Waals surface area contributed by atoms with E-state index in [0.29, 0.717) is 12.8 Å². The summed E-state index contributed by atoms with van der Waals surface area (Å²) in [4.78, 5) is 30.3. The Morgan fingerprint density at radius 1 is 1.25 bits per heavy atom. The van der Waals surface area contributed by atoms with Crippen molar-refractivity contribution in [1.29, 1.82) is 0 Å². The maximum Gasteiger partial charge on any atom is 0.550 e. The minimum atomic E-state index is -1.86. The van der Waals surface area contributed by atoms with E-state index in [0.717, 1.165) is 5.56 Å². The number of hydrogen-bond donors (Lipinski definition) is 0. The Balaban J connectivity index is 2.22. The summed E-state index contributed by atoms with van der Waals surface area (Å²) >= 11 is 0. The molecule has 7 nitrogen and oxygen atoms in total. The molecule has 0 N–H and O–H groups in total. The van der Waals surface area contributed by atoms with E-state index in [9.17, 15) is 14.7 Å². The van der Waals surface area contributed by atoms with E-state index in [1.807, 2.05) is 30.3 Å². The second kappa shape index (κ2) is 7.29. The SMILES string of the molecule is COC(=O)C1CCC[N+]1(OC(C)(C)[O])C(=O)OCc1ccccc1. The fourth-order valence-electron chi connectivity index (χ4n) is 2.89. The summed E-state index contributed by atoms with van der Waals surface area (Å²) < 4.78 is 9.34. The number of rotatable bonds is 5. The molecular formula is C17H23NO6+. The predicted octanol–water partition coefficient (Wildman–Crippen LogP) is 2.57. The van der Waals surface area contributed by atoms with Crippen molar-refractivity contribution in [3.63, 3.8) is 0 Å². The molecule has 2 unspecified atom stereocenters. The first-order chi connectivity index (χ1) is 11.3. The van der Waals surface area contributed by atoms with Crippen LogP contribution in [-0.2, 0) is 30.8 Å². The summed E-state index contributed by atoms with van der Waals surface area (Å²) in [6.07, 6.45) is 0.190. The van der Waals surface area contributed by atoms with Crippen LogP contribution >= 0.6 is 0 Å². The van der Waals surface area contributed by atoms with Gasteiger partial charge >= 0.3 is 12.1 Å². The van der Waals surface area contributed by atoms with Gasteiger partial charge in [0.25, 0.3) is 5.79 Å². The fraction of sp³-hybridized carbons (Fsp3) is 0.529. The van der Waals surface area contributed by atoms with Gasteiger partial charge in [-0.1, -0.05) is 35.0 Å². The van der Waals surface area contributed by atoms with Crippen LogP contribution in [0.1, 0.15) is 32.3 Å². The molecule has 0 spiro atoms. The highest BCUT2D eigenvalue weighted by Crippen LogP contribution is 2.33. The Kier molecular flexibility index (Phi) is 5.58. The molecule has 1 amide bonds. The maximum atomic E-state index is 12.7. The summed E-state index contributed by atoms with van der Waals surface area (Å²) in [7, 11) is 1.24. The second-order valence-corrected chi connectivity index (χ2v) is 6.23. The summed E-state index contributed by atoms with van der Waals surface area (Å²) in [6, 6.07) is 8.26. The average molecular weight is 337 g/mol. The monoisotopic (exact) mass is 337 g/mol. The lowest BCUT2D eigenvalue weighted by Crippen LogP contribution is -2.61. The van der Waals surface area contributed by atoms with Gasteiger partial charge in [0.15, 0.2) is 0 Å². The molecule has 1 saturated heterocycles. The standard InChI is InChI=1S/C17H23NO6/c1-17(2,21)24-18(11-7-10-14(18)15(19)22-3)16(20)23-12-13-8-5-4-6-9-13/h4-6,8-9,14H,7,10-12H2,1-3H3/q+1. The number of carbonyl (C=O) groups is 2. The van der Waals surface area contributed by atoms with Crippen molar-refractivity contribution >= 4 is 12.1 Å². The van der Waals surface area contributed by atoms with E-state index in [2.05, 4.69) is 0 Å². The Bertz CT molecular complexity index is 582. The molecule has 1 aliphatic rings. The zero-order valence-corrected chi connectivity index (χ0v) is 14.2. The van der Waals surface area contributed by atoms with Gasteiger partial charge in [-0.15, -0.1) is 0 Å². The number of hydrogen-bond acceptors (Lipinski definition) is 5. The zero-order valence-electron chi connectivity index (χ0n) is 14.2. The van der Waals surface area contributed by atoms with Crippen molar-refractivity contribution in [2.75, 3.05) is 13.7 Å². The third-order valence-electron chi connectivity index (χ3n) is 3.84. The van der Waals surface area contributed by atoms with Gasteiger partial charge in [-0.25, -0.2) is 4.79 Å². The van der Waals surface area contributed by atoms with Crippen LogP contribution in [0.3, 0.4) is 0 Å². The molecule has 2 rings (SSSR count). The Morgan fingerprint density at radius 3 is 2.50 bits per heavy atom. The summed E-state index contributed by atoms with van der Waals surface area (Å²) in [5.74, 6) is -2.45. The molecule has 0 bridgehead atoms. The predicted molar refractivity (Wildman–Crippen MR) is 82.6 cm³/mol. The molecule has 0 aromatic heterocycles. The number of amides is 1. The quantitative estimate of drug-likeness (QED) is 0.468. The molecule has 2 atom stereocenters. The Morgan fingerprint density at radius 2 is 1.92 bits per heavy atom. The van der Waals surface area contributed by atoms with Crippen LogP contribution < -0.4 is 0 Å². The van der Waals surface area contributed by atoms with Crippen LogP contribution in [0, 0.1) is 0 Å². The highest BCUT2D eigenvalue weighted by molar-refractivity contribution is 5.77. The molecule has 1 radical (unpaired) electrons. The molecule has 131 valence electrons. The number of quaternary nitrogens is 1. The molecule has 1 aromatic rings. The molecule has 0 aliphatic carbocycles. The van der Waals surface area contributed by atoms with E-state index in [1.165, 1.54) is 21.0 Å². The largest absolute Gasteiger partial charge is 0.550 e. The third kappa shape index (κ3) is 4.11. The lowest BCUT2D eigenvalue weighted by atomic mass is 10.2. The van der Waals surface area contributed by atoms with Gasteiger partial charge in [0.05, 0.1) is 7.11 Å². The third-order valence-corrected chi connectivity index (χ3v) is 3.84. The van der Waals surface area contributed by atoms with Crippen molar-refractivity contribution in [1.82, 2.24) is 0 Å². The number of nitrogens with zero attached hydrogens (tertiary/aromatic N) is 1. The fourth-order valence-corrected chi connectivity index (χ4v) is 2.89. The first kappa shape index (κ1) is 18.4. The maximum absolute atomic E-state index is 12.7. The summed E-state index contributed by atoms with van der Waals surface area (Å²) in [5.41, 5.74) is 0.805. The molecule has 1 aromatic carbocycles. The van der Waals surface area contributed by atoms with Crippen molar-refractivity contribution in [2.45, 2.75) is 45.1 Å². The Hall–Kier alpha value is -1.96. The number of benzene rings is 1. The number of esters is 1. The number of methoxy groups -OCH3 is 1. The van der Waals surface area contributed by atoms with Crippen LogP contribution in [0.25, 0.3) is 0 Å². The van der Waals surface area contributed by atoms with Gasteiger partial charge < -0.3 is 9.47 Å². The van der Waals surface area contributed by atoms with Gasteiger partial charge in [0.1, 0.15) is 13.2 Å². The first-order valence-electron chi connectivity index (χ1n) is 7.86.